The highest BCUT2D eigenvalue weighted by atomic mass is 16.3. The lowest BCUT2D eigenvalue weighted by atomic mass is 9.74. The molecule has 1 unspecified atom stereocenters. The van der Waals surface area contributed by atoms with Gasteiger partial charge in [0.25, 0.3) is 0 Å². The Labute approximate surface area is 135 Å². The van der Waals surface area contributed by atoms with Crippen LogP contribution in [0.2, 0.25) is 0 Å². The van der Waals surface area contributed by atoms with Crippen LogP contribution >= 0.6 is 0 Å². The van der Waals surface area contributed by atoms with E-state index in [0.717, 1.165) is 27.8 Å². The van der Waals surface area contributed by atoms with Crippen LogP contribution < -0.4 is 5.73 Å². The number of phenolic OH excluding ortho intramolecular Hbond substituents is 2. The predicted molar refractivity (Wildman–Crippen MR) is 90.3 cm³/mol. The maximum absolute atomic E-state index is 10.3. The summed E-state index contributed by atoms with van der Waals surface area (Å²) >= 11 is 0. The van der Waals surface area contributed by atoms with Crippen LogP contribution in [-0.4, -0.2) is 28.5 Å². The lowest BCUT2D eigenvalue weighted by Gasteiger charge is -2.31. The molecule has 0 spiro atoms. The van der Waals surface area contributed by atoms with Crippen molar-refractivity contribution in [3.8, 4) is 11.5 Å². The summed E-state index contributed by atoms with van der Waals surface area (Å²) in [6.45, 7) is 0.386. The number of rotatable bonds is 4. The minimum atomic E-state index is -0.113. The van der Waals surface area contributed by atoms with Crippen molar-refractivity contribution < 1.29 is 15.3 Å². The van der Waals surface area contributed by atoms with E-state index in [4.69, 9.17) is 5.73 Å². The van der Waals surface area contributed by atoms with Crippen molar-refractivity contribution in [3.63, 3.8) is 0 Å². The average molecular weight is 311 g/mol. The summed E-state index contributed by atoms with van der Waals surface area (Å²) in [6, 6.07) is 13.3. The fraction of sp³-hybridized carbons (Fsp3) is 0.263. The molecule has 3 rings (SSSR count). The molecule has 1 aliphatic rings. The second-order valence-corrected chi connectivity index (χ2v) is 5.81. The van der Waals surface area contributed by atoms with E-state index < -0.39 is 0 Å². The van der Waals surface area contributed by atoms with Crippen molar-refractivity contribution in [1.82, 2.24) is 0 Å². The zero-order chi connectivity index (χ0) is 16.4. The Hall–Kier alpha value is -2.30. The number of fused-ring (bicyclic) bond motifs is 1. The molecule has 0 saturated heterocycles. The summed E-state index contributed by atoms with van der Waals surface area (Å²) in [5.74, 6) is -0.142. The highest BCUT2D eigenvalue weighted by molar-refractivity contribution is 5.78. The molecule has 2 aromatic carbocycles. The molecule has 1 aliphatic carbocycles. The molecule has 0 fully saturated rings. The number of phenols is 2. The first-order valence-electron chi connectivity index (χ1n) is 7.79. The highest BCUT2D eigenvalue weighted by Gasteiger charge is 2.29. The number of benzene rings is 2. The molecule has 0 heterocycles. The van der Waals surface area contributed by atoms with Gasteiger partial charge in [0.15, 0.2) is 11.5 Å². The Bertz CT molecular complexity index is 738. The molecule has 0 bridgehead atoms. The van der Waals surface area contributed by atoms with E-state index in [0.29, 0.717) is 19.4 Å². The molecule has 2 aromatic rings. The molecule has 5 N–H and O–H groups in total. The average Bonchev–Trinajstić information content (AvgIpc) is 2.59. The largest absolute Gasteiger partial charge is 0.504 e. The molecule has 0 radical (unpaired) electrons. The first-order valence-corrected chi connectivity index (χ1v) is 7.79. The summed E-state index contributed by atoms with van der Waals surface area (Å²) in [4.78, 5) is 0. The normalized spacial score (nSPS) is 17.2. The number of aromatic hydroxyl groups is 2. The fourth-order valence-corrected chi connectivity index (χ4v) is 3.51. The van der Waals surface area contributed by atoms with Gasteiger partial charge >= 0.3 is 0 Å². The van der Waals surface area contributed by atoms with Gasteiger partial charge in [0, 0.05) is 24.6 Å². The van der Waals surface area contributed by atoms with Crippen molar-refractivity contribution in [2.45, 2.75) is 18.8 Å². The molecule has 120 valence electrons. The first-order chi connectivity index (χ1) is 11.2. The number of aliphatic hydroxyl groups is 1. The number of aliphatic hydroxyl groups excluding tert-OH is 1. The van der Waals surface area contributed by atoms with E-state index in [9.17, 15) is 15.3 Å². The van der Waals surface area contributed by atoms with Gasteiger partial charge in [0.2, 0.25) is 0 Å². The van der Waals surface area contributed by atoms with Crippen molar-refractivity contribution in [2.75, 3.05) is 13.2 Å². The zero-order valence-electron chi connectivity index (χ0n) is 12.9. The van der Waals surface area contributed by atoms with Crippen molar-refractivity contribution >= 4 is 5.57 Å². The summed E-state index contributed by atoms with van der Waals surface area (Å²) in [6.07, 6.45) is 1.13. The van der Waals surface area contributed by atoms with Crippen LogP contribution in [0, 0.1) is 0 Å². The molecule has 0 aromatic heterocycles. The monoisotopic (exact) mass is 311 g/mol. The van der Waals surface area contributed by atoms with E-state index in [-0.39, 0.29) is 24.0 Å². The highest BCUT2D eigenvalue weighted by Crippen LogP contribution is 2.46. The van der Waals surface area contributed by atoms with Crippen LogP contribution in [0.3, 0.4) is 0 Å². The Morgan fingerprint density at radius 2 is 1.78 bits per heavy atom. The molecule has 0 aliphatic heterocycles. The Morgan fingerprint density at radius 1 is 1.04 bits per heavy atom. The van der Waals surface area contributed by atoms with E-state index in [2.05, 4.69) is 0 Å². The van der Waals surface area contributed by atoms with Gasteiger partial charge in [-0.3, -0.25) is 0 Å². The van der Waals surface area contributed by atoms with Crippen molar-refractivity contribution in [2.24, 2.45) is 5.73 Å². The van der Waals surface area contributed by atoms with E-state index in [1.807, 2.05) is 30.3 Å². The van der Waals surface area contributed by atoms with Gasteiger partial charge in [0.05, 0.1) is 0 Å². The lowest BCUT2D eigenvalue weighted by Crippen LogP contribution is -2.20. The fourth-order valence-electron chi connectivity index (χ4n) is 3.51. The molecule has 0 saturated carbocycles. The van der Waals surface area contributed by atoms with Gasteiger partial charge in [-0.05, 0) is 35.6 Å². The van der Waals surface area contributed by atoms with Gasteiger partial charge < -0.3 is 21.1 Å². The van der Waals surface area contributed by atoms with Gasteiger partial charge in [-0.15, -0.1) is 0 Å². The number of nitrogens with two attached hydrogens (primary N) is 1. The SMILES string of the molecule is NCC1=C(CCO)C(c2ccccc2)Cc2c1ccc(O)c2O. The zero-order valence-corrected chi connectivity index (χ0v) is 12.9. The first kappa shape index (κ1) is 15.6. The Morgan fingerprint density at radius 3 is 2.43 bits per heavy atom. The Kier molecular flexibility index (Phi) is 4.37. The molecular formula is C19H21NO3. The topological polar surface area (TPSA) is 86.7 Å². The van der Waals surface area contributed by atoms with E-state index in [1.54, 1.807) is 6.07 Å². The van der Waals surface area contributed by atoms with E-state index in [1.165, 1.54) is 6.07 Å². The summed E-state index contributed by atoms with van der Waals surface area (Å²) in [5.41, 5.74) is 10.8. The van der Waals surface area contributed by atoms with Gasteiger partial charge in [-0.25, -0.2) is 0 Å². The van der Waals surface area contributed by atoms with Crippen LogP contribution in [0.1, 0.15) is 29.0 Å². The molecular weight excluding hydrogens is 290 g/mol. The smallest absolute Gasteiger partial charge is 0.161 e. The standard InChI is InChI=1S/C19H21NO3/c20-11-17-13-6-7-18(22)19(23)16(13)10-15(14(17)8-9-21)12-4-2-1-3-5-12/h1-7,15,21-23H,8-11,20H2. The van der Waals surface area contributed by atoms with Crippen LogP contribution in [-0.2, 0) is 6.42 Å². The van der Waals surface area contributed by atoms with Crippen LogP contribution in [0.25, 0.3) is 5.57 Å². The van der Waals surface area contributed by atoms with Crippen molar-refractivity contribution in [1.29, 1.82) is 0 Å². The maximum atomic E-state index is 10.3. The maximum Gasteiger partial charge on any atom is 0.161 e. The second kappa shape index (κ2) is 6.44. The quantitative estimate of drug-likeness (QED) is 0.654. The van der Waals surface area contributed by atoms with Crippen LogP contribution in [0.5, 0.6) is 11.5 Å². The molecule has 4 nitrogen and oxygen atoms in total. The summed E-state index contributed by atoms with van der Waals surface area (Å²) in [5, 5.41) is 29.6. The molecule has 23 heavy (non-hydrogen) atoms. The Balaban J connectivity index is 2.21. The summed E-state index contributed by atoms with van der Waals surface area (Å²) in [7, 11) is 0. The predicted octanol–water partition coefficient (Wildman–Crippen LogP) is 2.53. The summed E-state index contributed by atoms with van der Waals surface area (Å²) < 4.78 is 0. The van der Waals surface area contributed by atoms with Gasteiger partial charge in [-0.1, -0.05) is 42.0 Å². The van der Waals surface area contributed by atoms with Gasteiger partial charge in [0.1, 0.15) is 0 Å². The molecule has 0 amide bonds. The number of hydrogen-bond donors (Lipinski definition) is 4. The van der Waals surface area contributed by atoms with Gasteiger partial charge in [-0.2, -0.15) is 0 Å². The minimum absolute atomic E-state index is 0.0436. The van der Waals surface area contributed by atoms with Crippen LogP contribution in [0.4, 0.5) is 0 Å². The minimum Gasteiger partial charge on any atom is -0.504 e. The van der Waals surface area contributed by atoms with Crippen molar-refractivity contribution in [3.05, 3.63) is 64.7 Å². The van der Waals surface area contributed by atoms with E-state index >= 15 is 0 Å². The third-order valence-electron chi connectivity index (χ3n) is 4.59. The van der Waals surface area contributed by atoms with Crippen LogP contribution in [0.15, 0.2) is 48.0 Å². The molecule has 1 atom stereocenters. The molecule has 4 heteroatoms. The second-order valence-electron chi connectivity index (χ2n) is 5.81. The third kappa shape index (κ3) is 2.71. The number of hydrogen-bond acceptors (Lipinski definition) is 4. The third-order valence-corrected chi connectivity index (χ3v) is 4.59. The lowest BCUT2D eigenvalue weighted by molar-refractivity contribution is 0.296.